The van der Waals surface area contributed by atoms with E-state index in [9.17, 15) is 13.2 Å². The standard InChI is InChI=1S/C21H40O4S/c1-3-5-6-7-8-9-10-11-12-13-14-15-16-17-18-19-21(22)25-26(23,24)20-4-2/h4H,2-3,5-20H2,1H3. The smallest absolute Gasteiger partial charge is 0.322 e. The lowest BCUT2D eigenvalue weighted by molar-refractivity contribution is -0.133. The van der Waals surface area contributed by atoms with Crippen LogP contribution in [0.2, 0.25) is 0 Å². The first-order valence-electron chi connectivity index (χ1n) is 10.6. The highest BCUT2D eigenvalue weighted by Crippen LogP contribution is 2.14. The number of hydrogen-bond acceptors (Lipinski definition) is 4. The molecule has 0 aromatic rings. The second kappa shape index (κ2) is 17.6. The van der Waals surface area contributed by atoms with Gasteiger partial charge in [0.25, 0.3) is 0 Å². The molecular formula is C21H40O4S. The Morgan fingerprint density at radius 3 is 1.54 bits per heavy atom. The lowest BCUT2D eigenvalue weighted by Gasteiger charge is -2.04. The zero-order valence-electron chi connectivity index (χ0n) is 16.8. The summed E-state index contributed by atoms with van der Waals surface area (Å²) in [6.07, 6.45) is 20.3. The van der Waals surface area contributed by atoms with Gasteiger partial charge in [0.2, 0.25) is 0 Å². The molecule has 0 radical (unpaired) electrons. The Labute approximate surface area is 161 Å². The topological polar surface area (TPSA) is 60.4 Å². The number of rotatable bonds is 19. The molecule has 0 aromatic carbocycles. The lowest BCUT2D eigenvalue weighted by Crippen LogP contribution is -2.14. The molecule has 154 valence electrons. The molecule has 26 heavy (non-hydrogen) atoms. The summed E-state index contributed by atoms with van der Waals surface area (Å²) in [4.78, 5) is 11.4. The average molecular weight is 389 g/mol. The van der Waals surface area contributed by atoms with E-state index in [-0.39, 0.29) is 12.2 Å². The Morgan fingerprint density at radius 1 is 0.769 bits per heavy atom. The van der Waals surface area contributed by atoms with Gasteiger partial charge in [-0.2, -0.15) is 8.42 Å². The van der Waals surface area contributed by atoms with E-state index in [0.717, 1.165) is 12.8 Å². The SMILES string of the molecule is C=CCS(=O)(=O)OC(=O)CCCCCCCCCCCCCCCCC. The fraction of sp³-hybridized carbons (Fsp3) is 0.857. The summed E-state index contributed by atoms with van der Waals surface area (Å²) in [7, 11) is -3.77. The highest BCUT2D eigenvalue weighted by atomic mass is 32.2. The van der Waals surface area contributed by atoms with Gasteiger partial charge in [-0.1, -0.05) is 103 Å². The molecule has 0 atom stereocenters. The molecule has 0 rings (SSSR count). The van der Waals surface area contributed by atoms with Crippen LogP contribution in [0.1, 0.15) is 110 Å². The normalized spacial score (nSPS) is 11.4. The maximum absolute atomic E-state index is 11.4. The summed E-state index contributed by atoms with van der Waals surface area (Å²) in [6.45, 7) is 5.58. The molecule has 0 N–H and O–H groups in total. The fourth-order valence-electron chi connectivity index (χ4n) is 3.00. The molecule has 0 unspecified atom stereocenters. The molecule has 0 bridgehead atoms. The predicted octanol–water partition coefficient (Wildman–Crippen LogP) is 6.31. The monoisotopic (exact) mass is 388 g/mol. The molecule has 0 aliphatic heterocycles. The third-order valence-corrected chi connectivity index (χ3v) is 5.61. The summed E-state index contributed by atoms with van der Waals surface area (Å²) >= 11 is 0. The molecule has 0 heterocycles. The van der Waals surface area contributed by atoms with Gasteiger partial charge in [-0.15, -0.1) is 6.58 Å². The van der Waals surface area contributed by atoms with Gasteiger partial charge < -0.3 is 4.18 Å². The highest BCUT2D eigenvalue weighted by molar-refractivity contribution is 7.87. The summed E-state index contributed by atoms with van der Waals surface area (Å²) < 4.78 is 27.0. The summed E-state index contributed by atoms with van der Waals surface area (Å²) in [5.74, 6) is -0.973. The quantitative estimate of drug-likeness (QED) is 0.148. The van der Waals surface area contributed by atoms with Gasteiger partial charge in [0.05, 0.1) is 0 Å². The Bertz CT molecular complexity index is 443. The number of carbonyl (C=O) groups is 1. The van der Waals surface area contributed by atoms with Crippen molar-refractivity contribution < 1.29 is 17.4 Å². The van der Waals surface area contributed by atoms with E-state index < -0.39 is 16.1 Å². The minimum atomic E-state index is -3.77. The Morgan fingerprint density at radius 2 is 1.15 bits per heavy atom. The lowest BCUT2D eigenvalue weighted by atomic mass is 10.0. The Hall–Kier alpha value is -0.840. The van der Waals surface area contributed by atoms with E-state index in [1.807, 2.05) is 0 Å². The average Bonchev–Trinajstić information content (AvgIpc) is 2.57. The number of hydrogen-bond donors (Lipinski definition) is 0. The first-order valence-corrected chi connectivity index (χ1v) is 12.2. The van der Waals surface area contributed by atoms with Crippen molar-refractivity contribution in [3.05, 3.63) is 12.7 Å². The van der Waals surface area contributed by atoms with Crippen molar-refractivity contribution in [3.8, 4) is 0 Å². The maximum Gasteiger partial charge on any atom is 0.322 e. The minimum absolute atomic E-state index is 0.175. The number of unbranched alkanes of at least 4 members (excludes halogenated alkanes) is 14. The van der Waals surface area contributed by atoms with Gasteiger partial charge in [-0.25, -0.2) is 0 Å². The van der Waals surface area contributed by atoms with Crippen molar-refractivity contribution in [2.75, 3.05) is 5.75 Å². The van der Waals surface area contributed by atoms with E-state index in [0.29, 0.717) is 6.42 Å². The van der Waals surface area contributed by atoms with Gasteiger partial charge in [0, 0.05) is 6.42 Å². The summed E-state index contributed by atoms with van der Waals surface area (Å²) in [5.41, 5.74) is 0. The second-order valence-electron chi connectivity index (χ2n) is 7.17. The van der Waals surface area contributed by atoms with Gasteiger partial charge in [0.15, 0.2) is 0 Å². The van der Waals surface area contributed by atoms with Crippen molar-refractivity contribution in [1.29, 1.82) is 0 Å². The third-order valence-electron chi connectivity index (χ3n) is 4.53. The molecule has 0 aromatic heterocycles. The van der Waals surface area contributed by atoms with Crippen LogP contribution >= 0.6 is 0 Å². The van der Waals surface area contributed by atoms with Crippen LogP contribution < -0.4 is 0 Å². The zero-order valence-corrected chi connectivity index (χ0v) is 17.7. The van der Waals surface area contributed by atoms with Crippen molar-refractivity contribution in [3.63, 3.8) is 0 Å². The van der Waals surface area contributed by atoms with Gasteiger partial charge >= 0.3 is 16.1 Å². The van der Waals surface area contributed by atoms with Gasteiger partial charge in [-0.3, -0.25) is 4.79 Å². The predicted molar refractivity (Wildman–Crippen MR) is 110 cm³/mol. The zero-order chi connectivity index (χ0) is 19.5. The minimum Gasteiger partial charge on any atom is -0.345 e. The molecule has 0 spiro atoms. The first-order chi connectivity index (χ1) is 12.5. The molecule has 0 saturated heterocycles. The van der Waals surface area contributed by atoms with E-state index in [4.69, 9.17) is 0 Å². The van der Waals surface area contributed by atoms with Crippen LogP contribution in [0.4, 0.5) is 0 Å². The largest absolute Gasteiger partial charge is 0.345 e. The van der Waals surface area contributed by atoms with Crippen LogP contribution in [0.5, 0.6) is 0 Å². The van der Waals surface area contributed by atoms with Crippen LogP contribution in [0.3, 0.4) is 0 Å². The van der Waals surface area contributed by atoms with Crippen LogP contribution in [-0.2, 0) is 19.1 Å². The second-order valence-corrected chi connectivity index (χ2v) is 8.78. The molecule has 0 amide bonds. The molecule has 0 aliphatic carbocycles. The molecule has 0 saturated carbocycles. The van der Waals surface area contributed by atoms with Crippen LogP contribution in [0.15, 0.2) is 12.7 Å². The van der Waals surface area contributed by atoms with Crippen LogP contribution in [0, 0.1) is 0 Å². The maximum atomic E-state index is 11.4. The molecule has 4 nitrogen and oxygen atoms in total. The van der Waals surface area contributed by atoms with Crippen molar-refractivity contribution >= 4 is 16.1 Å². The molecule has 0 fully saturated rings. The molecule has 5 heteroatoms. The van der Waals surface area contributed by atoms with Crippen LogP contribution in [-0.4, -0.2) is 20.1 Å². The molecule has 0 aliphatic rings. The number of carbonyl (C=O) groups excluding carboxylic acids is 1. The van der Waals surface area contributed by atoms with E-state index in [1.54, 1.807) is 0 Å². The first kappa shape index (κ1) is 25.2. The van der Waals surface area contributed by atoms with Gasteiger partial charge in [0.1, 0.15) is 5.75 Å². The van der Waals surface area contributed by atoms with E-state index >= 15 is 0 Å². The highest BCUT2D eigenvalue weighted by Gasteiger charge is 2.14. The summed E-state index contributed by atoms with van der Waals surface area (Å²) in [6, 6.07) is 0. The van der Waals surface area contributed by atoms with Gasteiger partial charge in [-0.05, 0) is 6.42 Å². The molecular weight excluding hydrogens is 348 g/mol. The fourth-order valence-corrected chi connectivity index (χ4v) is 3.73. The van der Waals surface area contributed by atoms with Crippen LogP contribution in [0.25, 0.3) is 0 Å². The summed E-state index contributed by atoms with van der Waals surface area (Å²) in [5, 5.41) is 0. The van der Waals surface area contributed by atoms with Crippen molar-refractivity contribution in [1.82, 2.24) is 0 Å². The van der Waals surface area contributed by atoms with E-state index in [1.165, 1.54) is 83.1 Å². The third kappa shape index (κ3) is 18.0. The Balaban J connectivity index is 3.29. The van der Waals surface area contributed by atoms with E-state index in [2.05, 4.69) is 17.7 Å². The Kier molecular flexibility index (Phi) is 17.0. The van der Waals surface area contributed by atoms with Crippen molar-refractivity contribution in [2.45, 2.75) is 110 Å². The van der Waals surface area contributed by atoms with Crippen molar-refractivity contribution in [2.24, 2.45) is 0 Å².